The van der Waals surface area contributed by atoms with E-state index >= 15 is 0 Å². The fraction of sp³-hybridized carbons (Fsp3) is 0. The highest BCUT2D eigenvalue weighted by molar-refractivity contribution is 7.92. The number of hydrogen-bond donors (Lipinski definition) is 1. The maximum atomic E-state index is 12.6. The van der Waals surface area contributed by atoms with Gasteiger partial charge in [0.25, 0.3) is 10.0 Å². The molecule has 0 spiro atoms. The number of sulfonamides is 1. The molecule has 5 aromatic rings. The summed E-state index contributed by atoms with van der Waals surface area (Å²) in [4.78, 5) is 8.92. The SMILES string of the molecule is O=S(=O)(Nc1cncc(-c2ccc3ncc(-c4ccccc4)n3c2)c1)c1ccccc1. The Morgan fingerprint density at radius 1 is 0.742 bits per heavy atom. The molecule has 2 aromatic carbocycles. The molecule has 7 heteroatoms. The second-order valence-corrected chi connectivity index (χ2v) is 8.72. The third-order valence-electron chi connectivity index (χ3n) is 4.95. The van der Waals surface area contributed by atoms with E-state index in [9.17, 15) is 8.42 Å². The lowest BCUT2D eigenvalue weighted by Gasteiger charge is -2.10. The predicted octanol–water partition coefficient (Wildman–Crippen LogP) is 4.86. The first-order valence-corrected chi connectivity index (χ1v) is 11.1. The molecule has 6 nitrogen and oxygen atoms in total. The normalized spacial score (nSPS) is 11.5. The standard InChI is InChI=1S/C24H18N4O2S/c29-31(30,22-9-5-2-6-10-22)27-21-13-20(14-25-15-21)19-11-12-24-26-16-23(28(24)17-19)18-7-3-1-4-8-18/h1-17,27H. The monoisotopic (exact) mass is 426 g/mol. The molecule has 0 aliphatic carbocycles. The smallest absolute Gasteiger partial charge is 0.261 e. The molecular formula is C24H18N4O2S. The van der Waals surface area contributed by atoms with Crippen LogP contribution in [-0.4, -0.2) is 22.8 Å². The van der Waals surface area contributed by atoms with Crippen LogP contribution in [0.1, 0.15) is 0 Å². The summed E-state index contributed by atoms with van der Waals surface area (Å²) < 4.78 is 29.9. The Bertz CT molecular complexity index is 1460. The number of aromatic nitrogens is 3. The van der Waals surface area contributed by atoms with Gasteiger partial charge in [-0.25, -0.2) is 13.4 Å². The summed E-state index contributed by atoms with van der Waals surface area (Å²) in [6.07, 6.45) is 7.03. The van der Waals surface area contributed by atoms with Gasteiger partial charge < -0.3 is 0 Å². The van der Waals surface area contributed by atoms with Crippen LogP contribution in [-0.2, 0) is 10.0 Å². The first kappa shape index (κ1) is 19.0. The van der Waals surface area contributed by atoms with Gasteiger partial charge in [0, 0.05) is 29.1 Å². The van der Waals surface area contributed by atoms with Crippen LogP contribution >= 0.6 is 0 Å². The van der Waals surface area contributed by atoms with Gasteiger partial charge in [-0.15, -0.1) is 0 Å². The summed E-state index contributed by atoms with van der Waals surface area (Å²) in [5.74, 6) is 0. The molecule has 0 saturated carbocycles. The molecule has 0 radical (unpaired) electrons. The molecule has 0 aliphatic heterocycles. The maximum Gasteiger partial charge on any atom is 0.261 e. The zero-order valence-electron chi connectivity index (χ0n) is 16.4. The van der Waals surface area contributed by atoms with Gasteiger partial charge in [-0.2, -0.15) is 0 Å². The second kappa shape index (κ2) is 7.70. The van der Waals surface area contributed by atoms with Crippen LogP contribution < -0.4 is 4.72 Å². The van der Waals surface area contributed by atoms with E-state index in [2.05, 4.69) is 14.7 Å². The summed E-state index contributed by atoms with van der Waals surface area (Å²) in [5.41, 5.74) is 4.96. The Hall–Kier alpha value is -3.97. The van der Waals surface area contributed by atoms with E-state index in [4.69, 9.17) is 0 Å². The molecule has 5 rings (SSSR count). The van der Waals surface area contributed by atoms with Crippen molar-refractivity contribution < 1.29 is 8.42 Å². The van der Waals surface area contributed by atoms with Crippen LogP contribution in [0.2, 0.25) is 0 Å². The third-order valence-corrected chi connectivity index (χ3v) is 6.35. The highest BCUT2D eigenvalue weighted by Crippen LogP contribution is 2.26. The maximum absolute atomic E-state index is 12.6. The molecular weight excluding hydrogens is 408 g/mol. The molecule has 0 saturated heterocycles. The number of benzene rings is 2. The first-order valence-electron chi connectivity index (χ1n) is 9.66. The van der Waals surface area contributed by atoms with E-state index in [0.29, 0.717) is 5.69 Å². The number of nitrogens with zero attached hydrogens (tertiary/aromatic N) is 3. The summed E-state index contributed by atoms with van der Waals surface area (Å²) in [6.45, 7) is 0. The van der Waals surface area contributed by atoms with Gasteiger partial charge in [-0.1, -0.05) is 48.5 Å². The highest BCUT2D eigenvalue weighted by atomic mass is 32.2. The molecule has 0 unspecified atom stereocenters. The van der Waals surface area contributed by atoms with Crippen molar-refractivity contribution in [1.82, 2.24) is 14.4 Å². The fourth-order valence-corrected chi connectivity index (χ4v) is 4.50. The average Bonchev–Trinajstić information content (AvgIpc) is 3.23. The molecule has 0 aliphatic rings. The van der Waals surface area contributed by atoms with E-state index in [1.54, 1.807) is 42.6 Å². The van der Waals surface area contributed by atoms with Gasteiger partial charge >= 0.3 is 0 Å². The van der Waals surface area contributed by atoms with Crippen molar-refractivity contribution in [2.24, 2.45) is 0 Å². The minimum Gasteiger partial charge on any atom is -0.299 e. The van der Waals surface area contributed by atoms with Crippen LogP contribution in [0.15, 0.2) is 109 Å². The molecule has 3 heterocycles. The van der Waals surface area contributed by atoms with Gasteiger partial charge in [0.15, 0.2) is 0 Å². The van der Waals surface area contributed by atoms with Crippen LogP contribution in [0.25, 0.3) is 28.0 Å². The Morgan fingerprint density at radius 2 is 1.48 bits per heavy atom. The summed E-state index contributed by atoms with van der Waals surface area (Å²) in [5, 5.41) is 0. The number of hydrogen-bond acceptors (Lipinski definition) is 4. The van der Waals surface area contributed by atoms with Crippen molar-refractivity contribution in [2.45, 2.75) is 4.90 Å². The van der Waals surface area contributed by atoms with Crippen molar-refractivity contribution >= 4 is 21.4 Å². The zero-order valence-corrected chi connectivity index (χ0v) is 17.2. The predicted molar refractivity (Wildman–Crippen MR) is 121 cm³/mol. The Morgan fingerprint density at radius 3 is 2.26 bits per heavy atom. The van der Waals surface area contributed by atoms with Crippen LogP contribution in [0.5, 0.6) is 0 Å². The second-order valence-electron chi connectivity index (χ2n) is 7.04. The largest absolute Gasteiger partial charge is 0.299 e. The summed E-state index contributed by atoms with van der Waals surface area (Å²) in [6, 6.07) is 23.9. The Balaban J connectivity index is 1.51. The lowest BCUT2D eigenvalue weighted by atomic mass is 10.1. The van der Waals surface area contributed by atoms with E-state index < -0.39 is 10.0 Å². The zero-order chi connectivity index (χ0) is 21.3. The molecule has 0 amide bonds. The van der Waals surface area contributed by atoms with Gasteiger partial charge in [0.2, 0.25) is 0 Å². The number of rotatable bonds is 5. The lowest BCUT2D eigenvalue weighted by molar-refractivity contribution is 0.601. The minimum atomic E-state index is -3.69. The molecule has 152 valence electrons. The van der Waals surface area contributed by atoms with Crippen LogP contribution in [0.4, 0.5) is 5.69 Å². The highest BCUT2D eigenvalue weighted by Gasteiger charge is 2.14. The number of imidazole rings is 1. The number of anilines is 1. The van der Waals surface area contributed by atoms with Crippen LogP contribution in [0, 0.1) is 0 Å². The Kier molecular flexibility index (Phi) is 4.72. The average molecular weight is 427 g/mol. The van der Waals surface area contributed by atoms with Crippen molar-refractivity contribution in [3.05, 3.63) is 104 Å². The first-order chi connectivity index (χ1) is 15.1. The van der Waals surface area contributed by atoms with Crippen molar-refractivity contribution in [1.29, 1.82) is 0 Å². The molecule has 1 N–H and O–H groups in total. The van der Waals surface area contributed by atoms with E-state index in [-0.39, 0.29) is 4.90 Å². The number of pyridine rings is 2. The van der Waals surface area contributed by atoms with Gasteiger partial charge in [-0.05, 0) is 30.3 Å². The van der Waals surface area contributed by atoms with Gasteiger partial charge in [-0.3, -0.25) is 14.1 Å². The molecule has 0 fully saturated rings. The lowest BCUT2D eigenvalue weighted by Crippen LogP contribution is -2.12. The van der Waals surface area contributed by atoms with Crippen molar-refractivity contribution in [3.63, 3.8) is 0 Å². The van der Waals surface area contributed by atoms with Crippen LogP contribution in [0.3, 0.4) is 0 Å². The fourth-order valence-electron chi connectivity index (χ4n) is 3.44. The van der Waals surface area contributed by atoms with Crippen molar-refractivity contribution in [2.75, 3.05) is 4.72 Å². The molecule has 0 bridgehead atoms. The summed E-state index contributed by atoms with van der Waals surface area (Å²) in [7, 11) is -3.69. The third kappa shape index (κ3) is 3.78. The van der Waals surface area contributed by atoms with Crippen molar-refractivity contribution in [3.8, 4) is 22.4 Å². The van der Waals surface area contributed by atoms with Gasteiger partial charge in [0.1, 0.15) is 5.65 Å². The van der Waals surface area contributed by atoms with E-state index in [1.807, 2.05) is 59.3 Å². The topological polar surface area (TPSA) is 76.4 Å². The van der Waals surface area contributed by atoms with Gasteiger partial charge in [0.05, 0.1) is 28.7 Å². The summed E-state index contributed by atoms with van der Waals surface area (Å²) >= 11 is 0. The quantitative estimate of drug-likeness (QED) is 0.435. The number of fused-ring (bicyclic) bond motifs is 1. The molecule has 0 atom stereocenters. The number of nitrogens with one attached hydrogen (secondary N) is 1. The minimum absolute atomic E-state index is 0.202. The molecule has 3 aromatic heterocycles. The van der Waals surface area contributed by atoms with E-state index in [0.717, 1.165) is 28.0 Å². The van der Waals surface area contributed by atoms with E-state index in [1.165, 1.54) is 6.20 Å². The Labute approximate surface area is 179 Å². The molecule has 31 heavy (non-hydrogen) atoms.